The minimum atomic E-state index is -0.411. The van der Waals surface area contributed by atoms with Crippen LogP contribution in [-0.2, 0) is 9.53 Å². The number of nitrogens with zero attached hydrogens (tertiary/aromatic N) is 1. The molecular weight excluding hydrogens is 178 g/mol. The monoisotopic (exact) mass is 193 g/mol. The smallest absolute Gasteiger partial charge is 0.332 e. The van der Waals surface area contributed by atoms with Crippen molar-refractivity contribution in [3.05, 3.63) is 11.6 Å². The second-order valence-electron chi connectivity index (χ2n) is 4.41. The van der Waals surface area contributed by atoms with Gasteiger partial charge in [-0.3, -0.25) is 0 Å². The molecule has 0 aromatic heterocycles. The Hall–Kier alpha value is -1.30. The van der Waals surface area contributed by atoms with Crippen molar-refractivity contribution < 1.29 is 9.53 Å². The maximum atomic E-state index is 11.2. The Bertz CT molecular complexity index is 323. The van der Waals surface area contributed by atoms with E-state index in [1.807, 2.05) is 6.07 Å². The summed E-state index contributed by atoms with van der Waals surface area (Å²) in [5.74, 6) is -0.00582. The summed E-state index contributed by atoms with van der Waals surface area (Å²) in [6, 6.07) is 1.88. The number of carbonyl (C=O) groups is 1. The molecule has 0 amide bonds. The first kappa shape index (κ1) is 10.8. The summed E-state index contributed by atoms with van der Waals surface area (Å²) in [6.45, 7) is 7.77. The third-order valence-corrected chi connectivity index (χ3v) is 3.01. The SMILES string of the molecule is CC(C#N)=CC(=O)OC1C(C)C1(C)C. The highest BCUT2D eigenvalue weighted by molar-refractivity contribution is 5.83. The lowest BCUT2D eigenvalue weighted by atomic mass is 10.1. The van der Waals surface area contributed by atoms with E-state index >= 15 is 0 Å². The Morgan fingerprint density at radius 2 is 2.07 bits per heavy atom. The highest BCUT2D eigenvalue weighted by atomic mass is 16.6. The van der Waals surface area contributed by atoms with E-state index in [4.69, 9.17) is 10.00 Å². The number of ether oxygens (including phenoxy) is 1. The van der Waals surface area contributed by atoms with Crippen LogP contribution in [0.1, 0.15) is 27.7 Å². The number of hydrogen-bond donors (Lipinski definition) is 0. The molecule has 0 aliphatic heterocycles. The van der Waals surface area contributed by atoms with E-state index in [1.54, 1.807) is 6.92 Å². The highest BCUT2D eigenvalue weighted by Gasteiger charge is 2.57. The number of esters is 1. The summed E-state index contributed by atoms with van der Waals surface area (Å²) in [6.07, 6.45) is 1.24. The average molecular weight is 193 g/mol. The van der Waals surface area contributed by atoms with E-state index < -0.39 is 5.97 Å². The third-order valence-electron chi connectivity index (χ3n) is 3.01. The van der Waals surface area contributed by atoms with Gasteiger partial charge in [-0.1, -0.05) is 20.8 Å². The van der Waals surface area contributed by atoms with Gasteiger partial charge in [0.2, 0.25) is 0 Å². The van der Waals surface area contributed by atoms with Crippen LogP contribution in [0.25, 0.3) is 0 Å². The Labute approximate surface area is 84.4 Å². The van der Waals surface area contributed by atoms with Crippen molar-refractivity contribution in [2.45, 2.75) is 33.8 Å². The van der Waals surface area contributed by atoms with E-state index in [1.165, 1.54) is 6.08 Å². The topological polar surface area (TPSA) is 50.1 Å². The van der Waals surface area contributed by atoms with E-state index in [0.717, 1.165) is 0 Å². The quantitative estimate of drug-likeness (QED) is 0.383. The van der Waals surface area contributed by atoms with Gasteiger partial charge in [0.1, 0.15) is 6.10 Å². The van der Waals surface area contributed by atoms with Crippen molar-refractivity contribution >= 4 is 5.97 Å². The minimum absolute atomic E-state index is 0.00209. The van der Waals surface area contributed by atoms with Crippen LogP contribution in [0.5, 0.6) is 0 Å². The molecule has 0 aromatic rings. The van der Waals surface area contributed by atoms with Gasteiger partial charge in [-0.2, -0.15) is 5.26 Å². The van der Waals surface area contributed by atoms with E-state index in [0.29, 0.717) is 11.5 Å². The molecule has 0 radical (unpaired) electrons. The van der Waals surface area contributed by atoms with Gasteiger partial charge in [-0.05, 0) is 6.92 Å². The molecule has 2 unspecified atom stereocenters. The summed E-state index contributed by atoms with van der Waals surface area (Å²) in [7, 11) is 0. The number of rotatable bonds is 2. The molecule has 1 saturated carbocycles. The zero-order chi connectivity index (χ0) is 10.9. The fourth-order valence-corrected chi connectivity index (χ4v) is 1.46. The molecule has 0 bridgehead atoms. The summed E-state index contributed by atoms with van der Waals surface area (Å²) in [5, 5.41) is 8.46. The fraction of sp³-hybridized carbons (Fsp3) is 0.636. The molecule has 1 fully saturated rings. The van der Waals surface area contributed by atoms with Crippen LogP contribution in [-0.4, -0.2) is 12.1 Å². The lowest BCUT2D eigenvalue weighted by molar-refractivity contribution is -0.140. The predicted octanol–water partition coefficient (Wildman–Crippen LogP) is 2.04. The lowest BCUT2D eigenvalue weighted by Crippen LogP contribution is -2.08. The van der Waals surface area contributed by atoms with Crippen molar-refractivity contribution in [3.63, 3.8) is 0 Å². The summed E-state index contributed by atoms with van der Waals surface area (Å²) < 4.78 is 5.19. The van der Waals surface area contributed by atoms with Crippen LogP contribution < -0.4 is 0 Å². The van der Waals surface area contributed by atoms with E-state index in [9.17, 15) is 4.79 Å². The molecule has 1 aliphatic carbocycles. The van der Waals surface area contributed by atoms with Crippen molar-refractivity contribution in [2.75, 3.05) is 0 Å². The summed E-state index contributed by atoms with van der Waals surface area (Å²) in [4.78, 5) is 11.2. The van der Waals surface area contributed by atoms with Gasteiger partial charge in [0, 0.05) is 23.0 Å². The molecule has 0 aromatic carbocycles. The number of nitriles is 1. The summed E-state index contributed by atoms with van der Waals surface area (Å²) in [5.41, 5.74) is 0.463. The van der Waals surface area contributed by atoms with Crippen molar-refractivity contribution in [2.24, 2.45) is 11.3 Å². The zero-order valence-corrected chi connectivity index (χ0v) is 9.00. The Kier molecular flexibility index (Phi) is 2.66. The van der Waals surface area contributed by atoms with Crippen molar-refractivity contribution in [1.29, 1.82) is 5.26 Å². The maximum absolute atomic E-state index is 11.2. The van der Waals surface area contributed by atoms with Crippen molar-refractivity contribution in [3.8, 4) is 6.07 Å². The Morgan fingerprint density at radius 1 is 1.57 bits per heavy atom. The van der Waals surface area contributed by atoms with Gasteiger partial charge in [0.25, 0.3) is 0 Å². The molecule has 0 spiro atoms. The first-order chi connectivity index (χ1) is 6.39. The van der Waals surface area contributed by atoms with Crippen molar-refractivity contribution in [1.82, 2.24) is 0 Å². The van der Waals surface area contributed by atoms with Gasteiger partial charge >= 0.3 is 5.97 Å². The highest BCUT2D eigenvalue weighted by Crippen LogP contribution is 2.53. The molecular formula is C11H15NO2. The second kappa shape index (κ2) is 3.45. The van der Waals surface area contributed by atoms with Gasteiger partial charge in [-0.25, -0.2) is 4.79 Å². The summed E-state index contributed by atoms with van der Waals surface area (Å²) >= 11 is 0. The average Bonchev–Trinajstić information content (AvgIpc) is 2.55. The van der Waals surface area contributed by atoms with E-state index in [-0.39, 0.29) is 11.5 Å². The molecule has 0 N–H and O–H groups in total. The molecule has 14 heavy (non-hydrogen) atoms. The van der Waals surface area contributed by atoms with Crippen LogP contribution in [0.3, 0.4) is 0 Å². The molecule has 3 heteroatoms. The van der Waals surface area contributed by atoms with E-state index in [2.05, 4.69) is 20.8 Å². The van der Waals surface area contributed by atoms with Crippen LogP contribution in [0.4, 0.5) is 0 Å². The Morgan fingerprint density at radius 3 is 2.43 bits per heavy atom. The zero-order valence-electron chi connectivity index (χ0n) is 9.00. The normalized spacial score (nSPS) is 29.2. The molecule has 1 aliphatic rings. The van der Waals surface area contributed by atoms with Crippen LogP contribution in [0.2, 0.25) is 0 Å². The molecule has 0 heterocycles. The molecule has 1 rings (SSSR count). The van der Waals surface area contributed by atoms with Gasteiger partial charge < -0.3 is 4.74 Å². The lowest BCUT2D eigenvalue weighted by Gasteiger charge is -2.02. The molecule has 2 atom stereocenters. The molecule has 0 saturated heterocycles. The number of carbonyl (C=O) groups excluding carboxylic acids is 1. The van der Waals surface area contributed by atoms with Crippen LogP contribution in [0, 0.1) is 22.7 Å². The maximum Gasteiger partial charge on any atom is 0.332 e. The predicted molar refractivity (Wildman–Crippen MR) is 52.2 cm³/mol. The first-order valence-electron chi connectivity index (χ1n) is 4.68. The molecule has 3 nitrogen and oxygen atoms in total. The fourth-order valence-electron chi connectivity index (χ4n) is 1.46. The van der Waals surface area contributed by atoms with Gasteiger partial charge in [-0.15, -0.1) is 0 Å². The number of hydrogen-bond acceptors (Lipinski definition) is 3. The second-order valence-corrected chi connectivity index (χ2v) is 4.41. The minimum Gasteiger partial charge on any atom is -0.458 e. The number of allylic oxidation sites excluding steroid dienone is 1. The first-order valence-corrected chi connectivity index (χ1v) is 4.68. The Balaban J connectivity index is 2.50. The standard InChI is InChI=1S/C11H15NO2/c1-7(6-12)5-9(13)14-10-8(2)11(10,3)4/h5,8,10H,1-4H3. The van der Waals surface area contributed by atoms with Gasteiger partial charge in [0.15, 0.2) is 0 Å². The molecule has 76 valence electrons. The third kappa shape index (κ3) is 1.95. The van der Waals surface area contributed by atoms with Gasteiger partial charge in [0.05, 0.1) is 6.07 Å². The largest absolute Gasteiger partial charge is 0.458 e. The van der Waals surface area contributed by atoms with Crippen LogP contribution >= 0.6 is 0 Å². The van der Waals surface area contributed by atoms with Crippen LogP contribution in [0.15, 0.2) is 11.6 Å².